The van der Waals surface area contributed by atoms with Gasteiger partial charge in [-0.15, -0.1) is 11.3 Å². The Balaban J connectivity index is 1.53. The van der Waals surface area contributed by atoms with Gasteiger partial charge in [-0.05, 0) is 36.8 Å². The lowest BCUT2D eigenvalue weighted by molar-refractivity contribution is 0.420. The summed E-state index contributed by atoms with van der Waals surface area (Å²) >= 11 is 1.67. The Morgan fingerprint density at radius 3 is 2.95 bits per heavy atom. The molecule has 0 aromatic carbocycles. The summed E-state index contributed by atoms with van der Waals surface area (Å²) in [6, 6.07) is 5.95. The van der Waals surface area contributed by atoms with Crippen LogP contribution in [0.5, 0.6) is 0 Å². The van der Waals surface area contributed by atoms with Crippen molar-refractivity contribution in [3.8, 4) is 10.7 Å². The monoisotopic (exact) mass is 287 g/mol. The van der Waals surface area contributed by atoms with Crippen molar-refractivity contribution in [2.75, 3.05) is 6.54 Å². The van der Waals surface area contributed by atoms with Gasteiger partial charge < -0.3 is 5.32 Å². The summed E-state index contributed by atoms with van der Waals surface area (Å²) in [7, 11) is 0. The van der Waals surface area contributed by atoms with Gasteiger partial charge in [0, 0.05) is 24.7 Å². The molecule has 1 N–H and O–H groups in total. The number of nitrogens with zero attached hydrogens (tertiary/aromatic N) is 2. The van der Waals surface area contributed by atoms with Gasteiger partial charge in [0.25, 0.3) is 0 Å². The number of rotatable bonds is 7. The number of nitrogens with one attached hydrogen (secondary N) is 1. The van der Waals surface area contributed by atoms with E-state index in [1.807, 2.05) is 24.4 Å². The molecule has 2 heterocycles. The van der Waals surface area contributed by atoms with Crippen molar-refractivity contribution in [3.63, 3.8) is 0 Å². The van der Waals surface area contributed by atoms with Crippen LogP contribution in [0.25, 0.3) is 10.7 Å². The van der Waals surface area contributed by atoms with Crippen LogP contribution in [0.2, 0.25) is 0 Å². The average molecular weight is 287 g/mol. The van der Waals surface area contributed by atoms with E-state index in [-0.39, 0.29) is 0 Å². The first-order valence-electron chi connectivity index (χ1n) is 7.38. The van der Waals surface area contributed by atoms with Crippen molar-refractivity contribution >= 4 is 11.3 Å². The molecule has 0 spiro atoms. The first-order chi connectivity index (χ1) is 9.81. The van der Waals surface area contributed by atoms with E-state index in [4.69, 9.17) is 0 Å². The molecule has 0 saturated heterocycles. The fourth-order valence-corrected chi connectivity index (χ4v) is 3.47. The van der Waals surface area contributed by atoms with Crippen molar-refractivity contribution in [1.82, 2.24) is 15.3 Å². The van der Waals surface area contributed by atoms with Crippen molar-refractivity contribution in [1.29, 1.82) is 0 Å². The molecule has 1 aliphatic carbocycles. The molecule has 1 fully saturated rings. The van der Waals surface area contributed by atoms with E-state index >= 15 is 0 Å². The van der Waals surface area contributed by atoms with E-state index in [1.165, 1.54) is 25.7 Å². The van der Waals surface area contributed by atoms with Gasteiger partial charge in [0.05, 0.1) is 11.4 Å². The fraction of sp³-hybridized carbons (Fsp3) is 0.500. The standard InChI is InChI=1S/C16H21N3S/c1-2-6-16(7-8-16)12-17-10-13-11-20-15(19-13)14-5-3-4-9-18-14/h3-5,9,11,17H,2,6-8,10,12H2,1H3. The molecule has 2 aromatic heterocycles. The van der Waals surface area contributed by atoms with Gasteiger partial charge in [0.15, 0.2) is 0 Å². The van der Waals surface area contributed by atoms with Crippen LogP contribution in [-0.2, 0) is 6.54 Å². The van der Waals surface area contributed by atoms with Crippen LogP contribution >= 0.6 is 11.3 Å². The van der Waals surface area contributed by atoms with Gasteiger partial charge >= 0.3 is 0 Å². The van der Waals surface area contributed by atoms with Crippen molar-refractivity contribution in [2.45, 2.75) is 39.2 Å². The van der Waals surface area contributed by atoms with Crippen LogP contribution in [0.15, 0.2) is 29.8 Å². The summed E-state index contributed by atoms with van der Waals surface area (Å²) in [5, 5.41) is 6.72. The van der Waals surface area contributed by atoms with E-state index in [9.17, 15) is 0 Å². The third-order valence-electron chi connectivity index (χ3n) is 3.98. The zero-order valence-electron chi connectivity index (χ0n) is 11.9. The first-order valence-corrected chi connectivity index (χ1v) is 8.26. The molecule has 0 atom stereocenters. The third-order valence-corrected chi connectivity index (χ3v) is 4.89. The smallest absolute Gasteiger partial charge is 0.142 e. The van der Waals surface area contributed by atoms with E-state index < -0.39 is 0 Å². The van der Waals surface area contributed by atoms with Crippen LogP contribution in [-0.4, -0.2) is 16.5 Å². The zero-order valence-corrected chi connectivity index (χ0v) is 12.7. The number of hydrogen-bond donors (Lipinski definition) is 1. The first kappa shape index (κ1) is 13.7. The lowest BCUT2D eigenvalue weighted by Crippen LogP contribution is -2.23. The molecule has 0 unspecified atom stereocenters. The Kier molecular flexibility index (Phi) is 4.13. The molecule has 1 aliphatic rings. The highest BCUT2D eigenvalue weighted by Crippen LogP contribution is 2.48. The normalized spacial score (nSPS) is 16.2. The molecule has 2 aromatic rings. The minimum absolute atomic E-state index is 0.606. The Hall–Kier alpha value is -1.26. The van der Waals surface area contributed by atoms with Gasteiger partial charge in [-0.2, -0.15) is 0 Å². The second-order valence-electron chi connectivity index (χ2n) is 5.71. The Morgan fingerprint density at radius 2 is 2.25 bits per heavy atom. The highest BCUT2D eigenvalue weighted by Gasteiger charge is 2.40. The minimum atomic E-state index is 0.606. The molecule has 0 aliphatic heterocycles. The van der Waals surface area contributed by atoms with E-state index in [0.717, 1.165) is 29.5 Å². The Bertz CT molecular complexity index is 546. The Morgan fingerprint density at radius 1 is 1.35 bits per heavy atom. The molecule has 3 nitrogen and oxygen atoms in total. The lowest BCUT2D eigenvalue weighted by Gasteiger charge is -2.14. The molecule has 20 heavy (non-hydrogen) atoms. The molecule has 4 heteroatoms. The molecule has 0 bridgehead atoms. The van der Waals surface area contributed by atoms with Crippen LogP contribution in [0.4, 0.5) is 0 Å². The zero-order chi connectivity index (χ0) is 13.8. The van der Waals surface area contributed by atoms with Gasteiger partial charge in [0.2, 0.25) is 0 Å². The van der Waals surface area contributed by atoms with Crippen LogP contribution < -0.4 is 5.32 Å². The fourth-order valence-electron chi connectivity index (χ4n) is 2.67. The number of hydrogen-bond acceptors (Lipinski definition) is 4. The molecule has 106 valence electrons. The quantitative estimate of drug-likeness (QED) is 0.840. The SMILES string of the molecule is CCCC1(CNCc2csc(-c3ccccn3)n2)CC1. The minimum Gasteiger partial charge on any atom is -0.311 e. The second-order valence-corrected chi connectivity index (χ2v) is 6.57. The maximum atomic E-state index is 4.66. The van der Waals surface area contributed by atoms with Crippen LogP contribution in [0, 0.1) is 5.41 Å². The number of aromatic nitrogens is 2. The van der Waals surface area contributed by atoms with Gasteiger partial charge in [-0.1, -0.05) is 19.4 Å². The predicted octanol–water partition coefficient (Wildman–Crippen LogP) is 3.88. The predicted molar refractivity (Wildman–Crippen MR) is 83.6 cm³/mol. The molecule has 0 amide bonds. The summed E-state index contributed by atoms with van der Waals surface area (Å²) in [6.45, 7) is 4.28. The number of thiazole rings is 1. The largest absolute Gasteiger partial charge is 0.311 e. The van der Waals surface area contributed by atoms with E-state index in [2.05, 4.69) is 27.6 Å². The topological polar surface area (TPSA) is 37.8 Å². The van der Waals surface area contributed by atoms with Gasteiger partial charge in [0.1, 0.15) is 5.01 Å². The van der Waals surface area contributed by atoms with Crippen LogP contribution in [0.3, 0.4) is 0 Å². The highest BCUT2D eigenvalue weighted by atomic mass is 32.1. The maximum Gasteiger partial charge on any atom is 0.142 e. The van der Waals surface area contributed by atoms with Crippen molar-refractivity contribution in [2.24, 2.45) is 5.41 Å². The van der Waals surface area contributed by atoms with Gasteiger partial charge in [-0.25, -0.2) is 4.98 Å². The molecular formula is C16H21N3S. The van der Waals surface area contributed by atoms with Crippen molar-refractivity contribution < 1.29 is 0 Å². The molecule has 0 radical (unpaired) electrons. The number of pyridine rings is 1. The average Bonchev–Trinajstić information content (AvgIpc) is 3.07. The van der Waals surface area contributed by atoms with Gasteiger partial charge in [-0.3, -0.25) is 4.98 Å². The molecule has 3 rings (SSSR count). The lowest BCUT2D eigenvalue weighted by atomic mass is 10.0. The van der Waals surface area contributed by atoms with Crippen LogP contribution in [0.1, 0.15) is 38.3 Å². The maximum absolute atomic E-state index is 4.66. The second kappa shape index (κ2) is 6.02. The van der Waals surface area contributed by atoms with E-state index in [1.54, 1.807) is 11.3 Å². The molecular weight excluding hydrogens is 266 g/mol. The summed E-state index contributed by atoms with van der Waals surface area (Å²) in [4.78, 5) is 9.00. The summed E-state index contributed by atoms with van der Waals surface area (Å²) in [5.41, 5.74) is 2.70. The van der Waals surface area contributed by atoms with Crippen molar-refractivity contribution in [3.05, 3.63) is 35.5 Å². The van der Waals surface area contributed by atoms with E-state index in [0.29, 0.717) is 5.41 Å². The Labute approximate surface area is 124 Å². The summed E-state index contributed by atoms with van der Waals surface area (Å²) < 4.78 is 0. The summed E-state index contributed by atoms with van der Waals surface area (Å²) in [6.07, 6.45) is 7.25. The molecule has 1 saturated carbocycles. The summed E-state index contributed by atoms with van der Waals surface area (Å²) in [5.74, 6) is 0. The highest BCUT2D eigenvalue weighted by molar-refractivity contribution is 7.13. The third kappa shape index (κ3) is 3.25.